The van der Waals surface area contributed by atoms with Crippen LogP contribution in [-0.2, 0) is 18.9 Å². The van der Waals surface area contributed by atoms with Gasteiger partial charge in [-0.15, -0.1) is 0 Å². The molecule has 0 bridgehead atoms. The summed E-state index contributed by atoms with van der Waals surface area (Å²) in [4.78, 5) is 4.70. The molecule has 1 aromatic heterocycles. The van der Waals surface area contributed by atoms with Crippen molar-refractivity contribution >= 4 is 0 Å². The highest BCUT2D eigenvalue weighted by Crippen LogP contribution is 2.20. The Balaban J connectivity index is 1.94. The predicted molar refractivity (Wildman–Crippen MR) is 73.6 cm³/mol. The van der Waals surface area contributed by atoms with Gasteiger partial charge in [-0.2, -0.15) is 5.10 Å². The van der Waals surface area contributed by atoms with Crippen molar-refractivity contribution < 1.29 is 0 Å². The van der Waals surface area contributed by atoms with Crippen molar-refractivity contribution in [2.45, 2.75) is 51.9 Å². The number of hydrogen-bond donors (Lipinski definition) is 1. The van der Waals surface area contributed by atoms with Crippen LogP contribution in [0.15, 0.2) is 0 Å². The molecular weight excluding hydrogens is 224 g/mol. The lowest BCUT2D eigenvalue weighted by Gasteiger charge is -2.22. The zero-order valence-corrected chi connectivity index (χ0v) is 12.2. The van der Waals surface area contributed by atoms with E-state index in [1.807, 2.05) is 11.7 Å². The molecule has 2 rings (SSSR count). The molecule has 102 valence electrons. The Labute approximate surface area is 110 Å². The van der Waals surface area contributed by atoms with Gasteiger partial charge in [-0.1, -0.05) is 20.8 Å². The first-order valence-corrected chi connectivity index (χ1v) is 7.08. The molecule has 0 aromatic carbocycles. The van der Waals surface area contributed by atoms with Crippen LogP contribution in [0.25, 0.3) is 0 Å². The van der Waals surface area contributed by atoms with Crippen molar-refractivity contribution in [3.8, 4) is 0 Å². The monoisotopic (exact) mass is 250 g/mol. The summed E-state index contributed by atoms with van der Waals surface area (Å²) in [6, 6.07) is 0. The molecule has 0 saturated carbocycles. The average Bonchev–Trinajstić information content (AvgIpc) is 2.69. The van der Waals surface area contributed by atoms with Crippen molar-refractivity contribution in [2.24, 2.45) is 13.0 Å². The normalized spacial score (nSPS) is 21.2. The number of piperidine rings is 1. The van der Waals surface area contributed by atoms with Crippen molar-refractivity contribution in [1.29, 1.82) is 0 Å². The van der Waals surface area contributed by atoms with E-state index in [1.165, 1.54) is 32.4 Å². The lowest BCUT2D eigenvalue weighted by atomic mass is 9.94. The van der Waals surface area contributed by atoms with Gasteiger partial charge in [0.15, 0.2) is 5.82 Å². The SMILES string of the molecule is Cn1nc(C(C)(C)C)nc1CCC1CCCNC1. The second-order valence-corrected chi connectivity index (χ2v) is 6.48. The summed E-state index contributed by atoms with van der Waals surface area (Å²) < 4.78 is 1.96. The summed E-state index contributed by atoms with van der Waals surface area (Å²) in [7, 11) is 2.01. The Morgan fingerprint density at radius 1 is 1.39 bits per heavy atom. The van der Waals surface area contributed by atoms with E-state index in [1.54, 1.807) is 0 Å². The maximum absolute atomic E-state index is 4.70. The molecule has 1 aliphatic rings. The van der Waals surface area contributed by atoms with Crippen LogP contribution in [0.3, 0.4) is 0 Å². The summed E-state index contributed by atoms with van der Waals surface area (Å²) in [6.45, 7) is 8.85. The number of rotatable bonds is 3. The zero-order valence-electron chi connectivity index (χ0n) is 12.2. The second-order valence-electron chi connectivity index (χ2n) is 6.48. The van der Waals surface area contributed by atoms with Gasteiger partial charge in [0.2, 0.25) is 0 Å². The van der Waals surface area contributed by atoms with Crippen LogP contribution in [0, 0.1) is 5.92 Å². The third-order valence-electron chi connectivity index (χ3n) is 3.70. The number of nitrogens with zero attached hydrogens (tertiary/aromatic N) is 3. The van der Waals surface area contributed by atoms with E-state index in [0.717, 1.165) is 24.0 Å². The first kappa shape index (κ1) is 13.5. The Hall–Kier alpha value is -0.900. The standard InChI is InChI=1S/C14H26N4/c1-14(2,3)13-16-12(18(4)17-13)8-7-11-6-5-9-15-10-11/h11,15H,5-10H2,1-4H3. The van der Waals surface area contributed by atoms with Gasteiger partial charge in [0, 0.05) is 18.9 Å². The maximum atomic E-state index is 4.70. The summed E-state index contributed by atoms with van der Waals surface area (Å²) in [6.07, 6.45) is 4.95. The van der Waals surface area contributed by atoms with E-state index in [2.05, 4.69) is 31.2 Å². The Bertz CT molecular complexity index is 383. The molecule has 0 aliphatic carbocycles. The number of aryl methyl sites for hydroxylation is 2. The lowest BCUT2D eigenvalue weighted by molar-refractivity contribution is 0.354. The van der Waals surface area contributed by atoms with Gasteiger partial charge in [-0.25, -0.2) is 4.98 Å². The van der Waals surface area contributed by atoms with Crippen molar-refractivity contribution in [1.82, 2.24) is 20.1 Å². The number of aromatic nitrogens is 3. The van der Waals surface area contributed by atoms with Gasteiger partial charge in [-0.3, -0.25) is 4.68 Å². The highest BCUT2D eigenvalue weighted by molar-refractivity contribution is 5.03. The molecule has 4 nitrogen and oxygen atoms in total. The minimum Gasteiger partial charge on any atom is -0.316 e. The molecule has 18 heavy (non-hydrogen) atoms. The lowest BCUT2D eigenvalue weighted by Crippen LogP contribution is -2.30. The number of nitrogens with one attached hydrogen (secondary N) is 1. The molecule has 0 radical (unpaired) electrons. The molecule has 1 saturated heterocycles. The molecule has 1 fully saturated rings. The van der Waals surface area contributed by atoms with E-state index in [4.69, 9.17) is 4.98 Å². The fraction of sp³-hybridized carbons (Fsp3) is 0.857. The summed E-state index contributed by atoms with van der Waals surface area (Å²) in [5.41, 5.74) is 0.0441. The fourth-order valence-corrected chi connectivity index (χ4v) is 2.46. The van der Waals surface area contributed by atoms with Gasteiger partial charge in [0.05, 0.1) is 0 Å². The first-order chi connectivity index (χ1) is 8.47. The Kier molecular flexibility index (Phi) is 4.05. The molecule has 1 unspecified atom stereocenters. The van der Waals surface area contributed by atoms with Crippen molar-refractivity contribution in [3.05, 3.63) is 11.6 Å². The topological polar surface area (TPSA) is 42.7 Å². The van der Waals surface area contributed by atoms with Gasteiger partial charge in [0.1, 0.15) is 5.82 Å². The van der Waals surface area contributed by atoms with Crippen LogP contribution in [0.4, 0.5) is 0 Å². The van der Waals surface area contributed by atoms with Crippen LogP contribution >= 0.6 is 0 Å². The van der Waals surface area contributed by atoms with E-state index in [9.17, 15) is 0 Å². The molecule has 4 heteroatoms. The largest absolute Gasteiger partial charge is 0.316 e. The van der Waals surface area contributed by atoms with E-state index >= 15 is 0 Å². The molecule has 1 aromatic rings. The van der Waals surface area contributed by atoms with E-state index in [-0.39, 0.29) is 5.41 Å². The van der Waals surface area contributed by atoms with Gasteiger partial charge >= 0.3 is 0 Å². The van der Waals surface area contributed by atoms with Gasteiger partial charge in [0.25, 0.3) is 0 Å². The molecule has 1 atom stereocenters. The van der Waals surface area contributed by atoms with E-state index in [0.29, 0.717) is 0 Å². The molecule has 2 heterocycles. The van der Waals surface area contributed by atoms with Crippen molar-refractivity contribution in [3.63, 3.8) is 0 Å². The van der Waals surface area contributed by atoms with E-state index < -0.39 is 0 Å². The molecule has 1 N–H and O–H groups in total. The van der Waals surface area contributed by atoms with Crippen LogP contribution in [0.1, 0.15) is 51.7 Å². The third-order valence-corrected chi connectivity index (χ3v) is 3.70. The fourth-order valence-electron chi connectivity index (χ4n) is 2.46. The Morgan fingerprint density at radius 2 is 2.17 bits per heavy atom. The van der Waals surface area contributed by atoms with Crippen LogP contribution in [0.5, 0.6) is 0 Å². The molecule has 0 spiro atoms. The van der Waals surface area contributed by atoms with Crippen LogP contribution in [0.2, 0.25) is 0 Å². The molecule has 1 aliphatic heterocycles. The first-order valence-electron chi connectivity index (χ1n) is 7.08. The second kappa shape index (κ2) is 5.39. The Morgan fingerprint density at radius 3 is 2.72 bits per heavy atom. The summed E-state index contributed by atoms with van der Waals surface area (Å²) in [5, 5.41) is 8.01. The quantitative estimate of drug-likeness (QED) is 0.893. The van der Waals surface area contributed by atoms with Crippen molar-refractivity contribution in [2.75, 3.05) is 13.1 Å². The van der Waals surface area contributed by atoms with Gasteiger partial charge < -0.3 is 5.32 Å². The minimum absolute atomic E-state index is 0.0441. The molecular formula is C14H26N4. The summed E-state index contributed by atoms with van der Waals surface area (Å²) >= 11 is 0. The highest BCUT2D eigenvalue weighted by atomic mass is 15.3. The van der Waals surface area contributed by atoms with Crippen LogP contribution in [-0.4, -0.2) is 27.9 Å². The summed E-state index contributed by atoms with van der Waals surface area (Å²) in [5.74, 6) is 2.90. The smallest absolute Gasteiger partial charge is 0.156 e. The van der Waals surface area contributed by atoms with Gasteiger partial charge in [-0.05, 0) is 38.3 Å². The zero-order chi connectivity index (χ0) is 13.2. The van der Waals surface area contributed by atoms with Crippen LogP contribution < -0.4 is 5.32 Å². The highest BCUT2D eigenvalue weighted by Gasteiger charge is 2.21. The number of hydrogen-bond acceptors (Lipinski definition) is 3. The average molecular weight is 250 g/mol. The molecule has 0 amide bonds. The third kappa shape index (κ3) is 3.31. The predicted octanol–water partition coefficient (Wildman–Crippen LogP) is 2.04. The minimum atomic E-state index is 0.0441. The maximum Gasteiger partial charge on any atom is 0.156 e.